The largest absolute Gasteiger partial charge is 0.319 e. The van der Waals surface area contributed by atoms with Crippen LogP contribution in [0, 0.1) is 5.92 Å². The molecule has 110 valence electrons. The van der Waals surface area contributed by atoms with Gasteiger partial charge in [0.1, 0.15) is 5.65 Å². The number of likely N-dealkylation sites (tertiary alicyclic amines) is 1. The van der Waals surface area contributed by atoms with Crippen molar-refractivity contribution in [3.8, 4) is 0 Å². The normalized spacial score (nSPS) is 19.4. The molecule has 2 aromatic heterocycles. The van der Waals surface area contributed by atoms with Gasteiger partial charge in [-0.1, -0.05) is 11.6 Å². The first-order valence-electron chi connectivity index (χ1n) is 6.74. The van der Waals surface area contributed by atoms with E-state index in [0.29, 0.717) is 0 Å². The average Bonchev–Trinajstić information content (AvgIpc) is 2.96. The molecular formula is C14H20Cl2N4. The zero-order chi connectivity index (χ0) is 13.2. The lowest BCUT2D eigenvalue weighted by Crippen LogP contribution is -2.24. The van der Waals surface area contributed by atoms with E-state index in [1.54, 1.807) is 0 Å². The van der Waals surface area contributed by atoms with Crippen molar-refractivity contribution in [2.45, 2.75) is 13.0 Å². The first-order chi connectivity index (χ1) is 9.24. The number of pyridine rings is 1. The molecule has 3 rings (SSSR count). The molecule has 0 aromatic carbocycles. The Balaban J connectivity index is 0.00000147. The van der Waals surface area contributed by atoms with Crippen LogP contribution in [-0.4, -0.2) is 41.0 Å². The van der Waals surface area contributed by atoms with Gasteiger partial charge in [-0.15, -0.1) is 12.4 Å². The molecule has 0 amide bonds. The number of hydrogen-bond acceptors (Lipinski definition) is 3. The number of aromatic nitrogens is 2. The lowest BCUT2D eigenvalue weighted by atomic mass is 10.1. The topological polar surface area (TPSA) is 32.6 Å². The van der Waals surface area contributed by atoms with E-state index in [0.717, 1.165) is 41.9 Å². The Bertz CT molecular complexity index is 569. The van der Waals surface area contributed by atoms with E-state index in [1.807, 2.05) is 29.8 Å². The van der Waals surface area contributed by atoms with Crippen LogP contribution >= 0.6 is 24.0 Å². The van der Waals surface area contributed by atoms with Gasteiger partial charge in [0.05, 0.1) is 10.7 Å². The maximum Gasteiger partial charge on any atom is 0.137 e. The number of nitrogens with one attached hydrogen (secondary N) is 1. The van der Waals surface area contributed by atoms with E-state index < -0.39 is 0 Å². The molecule has 1 aliphatic rings. The molecule has 4 nitrogen and oxygen atoms in total. The minimum atomic E-state index is 0. The average molecular weight is 315 g/mol. The van der Waals surface area contributed by atoms with Crippen LogP contribution in [0.5, 0.6) is 0 Å². The number of nitrogens with zero attached hydrogens (tertiary/aromatic N) is 3. The summed E-state index contributed by atoms with van der Waals surface area (Å²) in [5, 5.41) is 4.00. The Hall–Kier alpha value is -0.810. The quantitative estimate of drug-likeness (QED) is 0.941. The molecule has 1 fully saturated rings. The van der Waals surface area contributed by atoms with Crippen LogP contribution < -0.4 is 5.32 Å². The van der Waals surface area contributed by atoms with Crippen molar-refractivity contribution in [2.75, 3.05) is 26.7 Å². The van der Waals surface area contributed by atoms with Gasteiger partial charge in [-0.3, -0.25) is 4.90 Å². The molecule has 20 heavy (non-hydrogen) atoms. The SMILES string of the molecule is CNCC1CCN(Cc2cn3cc(Cl)ccc3n2)C1.Cl. The Morgan fingerprint density at radius 1 is 1.40 bits per heavy atom. The van der Waals surface area contributed by atoms with E-state index in [1.165, 1.54) is 13.0 Å². The summed E-state index contributed by atoms with van der Waals surface area (Å²) in [6, 6.07) is 3.84. The second-order valence-corrected chi connectivity index (χ2v) is 5.73. The monoisotopic (exact) mass is 314 g/mol. The van der Waals surface area contributed by atoms with Crippen molar-refractivity contribution < 1.29 is 0 Å². The third-order valence-corrected chi connectivity index (χ3v) is 3.94. The van der Waals surface area contributed by atoms with Gasteiger partial charge in [-0.25, -0.2) is 4.98 Å². The number of hydrogen-bond donors (Lipinski definition) is 1. The van der Waals surface area contributed by atoms with Crippen LogP contribution in [0.25, 0.3) is 5.65 Å². The molecule has 6 heteroatoms. The second-order valence-electron chi connectivity index (χ2n) is 5.29. The molecule has 1 saturated heterocycles. The fourth-order valence-corrected chi connectivity index (χ4v) is 3.00. The molecule has 1 N–H and O–H groups in total. The Morgan fingerprint density at radius 3 is 3.05 bits per heavy atom. The zero-order valence-electron chi connectivity index (χ0n) is 11.6. The third kappa shape index (κ3) is 3.44. The van der Waals surface area contributed by atoms with Gasteiger partial charge in [-0.05, 0) is 44.6 Å². The Morgan fingerprint density at radius 2 is 2.25 bits per heavy atom. The van der Waals surface area contributed by atoms with Crippen molar-refractivity contribution >= 4 is 29.7 Å². The smallest absolute Gasteiger partial charge is 0.137 e. The number of halogens is 2. The van der Waals surface area contributed by atoms with Crippen molar-refractivity contribution in [1.29, 1.82) is 0 Å². The second kappa shape index (κ2) is 6.76. The summed E-state index contributed by atoms with van der Waals surface area (Å²) in [5.74, 6) is 0.775. The zero-order valence-corrected chi connectivity index (χ0v) is 13.1. The highest BCUT2D eigenvalue weighted by molar-refractivity contribution is 6.30. The molecular weight excluding hydrogens is 295 g/mol. The fourth-order valence-electron chi connectivity index (χ4n) is 2.83. The van der Waals surface area contributed by atoms with E-state index in [2.05, 4.69) is 21.4 Å². The summed E-state index contributed by atoms with van der Waals surface area (Å²) in [7, 11) is 2.02. The van der Waals surface area contributed by atoms with Crippen molar-refractivity contribution in [1.82, 2.24) is 19.6 Å². The number of rotatable bonds is 4. The highest BCUT2D eigenvalue weighted by atomic mass is 35.5. The molecule has 0 spiro atoms. The summed E-state index contributed by atoms with van der Waals surface area (Å²) in [4.78, 5) is 7.11. The van der Waals surface area contributed by atoms with Crippen molar-refractivity contribution in [3.05, 3.63) is 35.2 Å². The molecule has 3 heterocycles. The van der Waals surface area contributed by atoms with Crippen LogP contribution in [0.4, 0.5) is 0 Å². The Kier molecular flexibility index (Phi) is 5.27. The molecule has 2 aromatic rings. The molecule has 1 atom stereocenters. The predicted molar refractivity (Wildman–Crippen MR) is 84.8 cm³/mol. The standard InChI is InChI=1S/C14H19ClN4.ClH/c1-16-6-11-4-5-18(7-11)9-13-10-19-8-12(15)2-3-14(19)17-13;/h2-3,8,10-11,16H,4-7,9H2,1H3;1H. The summed E-state index contributed by atoms with van der Waals surface area (Å²) < 4.78 is 2.00. The summed E-state index contributed by atoms with van der Waals surface area (Å²) in [6.07, 6.45) is 5.26. The van der Waals surface area contributed by atoms with Crippen LogP contribution in [-0.2, 0) is 6.54 Å². The van der Waals surface area contributed by atoms with Gasteiger partial charge in [0, 0.05) is 25.5 Å². The van der Waals surface area contributed by atoms with Gasteiger partial charge < -0.3 is 9.72 Å². The van der Waals surface area contributed by atoms with Crippen LogP contribution in [0.1, 0.15) is 12.1 Å². The fraction of sp³-hybridized carbons (Fsp3) is 0.500. The van der Waals surface area contributed by atoms with E-state index in [-0.39, 0.29) is 12.4 Å². The van der Waals surface area contributed by atoms with Gasteiger partial charge in [-0.2, -0.15) is 0 Å². The summed E-state index contributed by atoms with van der Waals surface area (Å²) in [6.45, 7) is 4.37. The predicted octanol–water partition coefficient (Wildman–Crippen LogP) is 2.45. The summed E-state index contributed by atoms with van der Waals surface area (Å²) >= 11 is 5.99. The maximum atomic E-state index is 5.99. The lowest BCUT2D eigenvalue weighted by Gasteiger charge is -2.14. The van der Waals surface area contributed by atoms with E-state index in [4.69, 9.17) is 11.6 Å². The van der Waals surface area contributed by atoms with Gasteiger partial charge >= 0.3 is 0 Å². The minimum Gasteiger partial charge on any atom is -0.319 e. The highest BCUT2D eigenvalue weighted by Gasteiger charge is 2.22. The molecule has 1 aliphatic heterocycles. The van der Waals surface area contributed by atoms with Crippen LogP contribution in [0.3, 0.4) is 0 Å². The highest BCUT2D eigenvalue weighted by Crippen LogP contribution is 2.18. The van der Waals surface area contributed by atoms with E-state index in [9.17, 15) is 0 Å². The third-order valence-electron chi connectivity index (χ3n) is 3.71. The molecule has 0 radical (unpaired) electrons. The Labute approximate surface area is 130 Å². The first-order valence-corrected chi connectivity index (χ1v) is 7.12. The first kappa shape index (κ1) is 15.6. The molecule has 1 unspecified atom stereocenters. The van der Waals surface area contributed by atoms with Gasteiger partial charge in [0.15, 0.2) is 0 Å². The van der Waals surface area contributed by atoms with Gasteiger partial charge in [0.2, 0.25) is 0 Å². The van der Waals surface area contributed by atoms with Crippen LogP contribution in [0.2, 0.25) is 5.02 Å². The molecule has 0 saturated carbocycles. The van der Waals surface area contributed by atoms with Crippen molar-refractivity contribution in [2.24, 2.45) is 5.92 Å². The number of imidazole rings is 1. The minimum absolute atomic E-state index is 0. The lowest BCUT2D eigenvalue weighted by molar-refractivity contribution is 0.312. The van der Waals surface area contributed by atoms with Crippen molar-refractivity contribution in [3.63, 3.8) is 0 Å². The summed E-state index contributed by atoms with van der Waals surface area (Å²) in [5.41, 5.74) is 2.08. The molecule has 0 aliphatic carbocycles. The number of fused-ring (bicyclic) bond motifs is 1. The molecule has 0 bridgehead atoms. The van der Waals surface area contributed by atoms with Gasteiger partial charge in [0.25, 0.3) is 0 Å². The van der Waals surface area contributed by atoms with E-state index >= 15 is 0 Å². The van der Waals surface area contributed by atoms with Crippen LogP contribution in [0.15, 0.2) is 24.5 Å². The maximum absolute atomic E-state index is 5.99.